The molecule has 2 saturated heterocycles. The second-order valence-corrected chi connectivity index (χ2v) is 9.53. The largest absolute Gasteiger partial charge is 0.352 e. The average molecular weight is 394 g/mol. The number of benzene rings is 1. The number of sulfonamides is 1. The molecule has 1 atom stereocenters. The molecule has 3 rings (SSSR count). The molecular formula is C20H31N3O3S. The number of amides is 1. The molecule has 1 aromatic carbocycles. The van der Waals surface area contributed by atoms with Gasteiger partial charge in [0, 0.05) is 24.7 Å². The predicted octanol–water partition coefficient (Wildman–Crippen LogP) is 2.47. The summed E-state index contributed by atoms with van der Waals surface area (Å²) in [4.78, 5) is 15.0. The van der Waals surface area contributed by atoms with Crippen molar-refractivity contribution in [2.24, 2.45) is 0 Å². The molecule has 1 unspecified atom stereocenters. The van der Waals surface area contributed by atoms with E-state index in [0.717, 1.165) is 32.2 Å². The Labute approximate surface area is 163 Å². The maximum absolute atomic E-state index is 12.8. The molecule has 2 aliphatic rings. The Balaban J connectivity index is 1.53. The molecule has 1 amide bonds. The van der Waals surface area contributed by atoms with E-state index in [1.54, 1.807) is 28.6 Å². The van der Waals surface area contributed by atoms with Crippen LogP contribution >= 0.6 is 0 Å². The molecule has 1 N–H and O–H groups in total. The van der Waals surface area contributed by atoms with Crippen molar-refractivity contribution in [1.29, 1.82) is 0 Å². The third kappa shape index (κ3) is 5.09. The molecule has 2 heterocycles. The first-order valence-electron chi connectivity index (χ1n) is 10.1. The third-order valence-corrected chi connectivity index (χ3v) is 7.63. The van der Waals surface area contributed by atoms with Gasteiger partial charge in [-0.3, -0.25) is 4.79 Å². The second kappa shape index (κ2) is 9.17. The number of hydrogen-bond acceptors (Lipinski definition) is 4. The third-order valence-electron chi connectivity index (χ3n) is 5.60. The smallest absolute Gasteiger partial charge is 0.251 e. The van der Waals surface area contributed by atoms with Gasteiger partial charge in [-0.25, -0.2) is 8.42 Å². The quantitative estimate of drug-likeness (QED) is 0.723. The number of nitrogens with one attached hydrogen (secondary N) is 1. The highest BCUT2D eigenvalue weighted by Crippen LogP contribution is 2.25. The van der Waals surface area contributed by atoms with Crippen molar-refractivity contribution in [1.82, 2.24) is 14.5 Å². The van der Waals surface area contributed by atoms with Gasteiger partial charge in [0.1, 0.15) is 0 Å². The first-order valence-corrected chi connectivity index (χ1v) is 11.5. The monoisotopic (exact) mass is 393 g/mol. The van der Waals surface area contributed by atoms with Crippen molar-refractivity contribution < 1.29 is 13.2 Å². The molecule has 7 heteroatoms. The Morgan fingerprint density at radius 1 is 1.07 bits per heavy atom. The lowest BCUT2D eigenvalue weighted by Crippen LogP contribution is -2.41. The summed E-state index contributed by atoms with van der Waals surface area (Å²) >= 11 is 0. The lowest BCUT2D eigenvalue weighted by atomic mass is 10.1. The predicted molar refractivity (Wildman–Crippen MR) is 106 cm³/mol. The van der Waals surface area contributed by atoms with Crippen LogP contribution in [0.1, 0.15) is 55.8 Å². The van der Waals surface area contributed by atoms with Gasteiger partial charge in [-0.2, -0.15) is 4.31 Å². The summed E-state index contributed by atoms with van der Waals surface area (Å²) in [5, 5.41) is 2.93. The number of nitrogens with zero attached hydrogens (tertiary/aromatic N) is 2. The molecule has 0 aromatic heterocycles. The number of carbonyl (C=O) groups is 1. The highest BCUT2D eigenvalue weighted by atomic mass is 32.2. The van der Waals surface area contributed by atoms with Crippen molar-refractivity contribution >= 4 is 15.9 Å². The lowest BCUT2D eigenvalue weighted by Gasteiger charge is -2.32. The molecule has 150 valence electrons. The molecule has 0 aliphatic carbocycles. The first kappa shape index (κ1) is 20.3. The van der Waals surface area contributed by atoms with Crippen LogP contribution < -0.4 is 5.32 Å². The summed E-state index contributed by atoms with van der Waals surface area (Å²) in [7, 11) is -3.49. The minimum Gasteiger partial charge on any atom is -0.352 e. The average Bonchev–Trinajstić information content (AvgIpc) is 3.19. The topological polar surface area (TPSA) is 69.7 Å². The molecule has 2 fully saturated rings. The van der Waals surface area contributed by atoms with E-state index >= 15 is 0 Å². The van der Waals surface area contributed by atoms with E-state index in [9.17, 15) is 13.2 Å². The Hall–Kier alpha value is -1.44. The van der Waals surface area contributed by atoms with Crippen LogP contribution in [-0.4, -0.2) is 62.3 Å². The number of hydrogen-bond donors (Lipinski definition) is 1. The highest BCUT2D eigenvalue weighted by Gasteiger charge is 2.30. The first-order chi connectivity index (χ1) is 13.0. The van der Waals surface area contributed by atoms with Crippen LogP contribution in [0.4, 0.5) is 0 Å². The van der Waals surface area contributed by atoms with Gasteiger partial charge >= 0.3 is 0 Å². The van der Waals surface area contributed by atoms with Gasteiger partial charge < -0.3 is 10.2 Å². The minimum absolute atomic E-state index is 0.0299. The van der Waals surface area contributed by atoms with Gasteiger partial charge in [0.2, 0.25) is 10.0 Å². The van der Waals surface area contributed by atoms with Crippen molar-refractivity contribution in [3.8, 4) is 0 Å². The standard InChI is InChI=1S/C20H31N3O3S/c1-17-7-2-3-16-23(17)27(25,26)19-10-8-18(9-11-19)20(24)21-12-6-15-22-13-4-5-14-22/h8-11,17H,2-7,12-16H2,1H3,(H,21,24). The molecular weight excluding hydrogens is 362 g/mol. The Morgan fingerprint density at radius 2 is 1.74 bits per heavy atom. The molecule has 0 bridgehead atoms. The molecule has 27 heavy (non-hydrogen) atoms. The minimum atomic E-state index is -3.49. The normalized spacial score (nSPS) is 22.0. The van der Waals surface area contributed by atoms with Crippen LogP contribution in [0.3, 0.4) is 0 Å². The number of likely N-dealkylation sites (tertiary alicyclic amines) is 1. The van der Waals surface area contributed by atoms with Gasteiger partial charge in [0.05, 0.1) is 4.90 Å². The number of rotatable bonds is 7. The summed E-state index contributed by atoms with van der Waals surface area (Å²) in [5.41, 5.74) is 0.502. The van der Waals surface area contributed by atoms with Crippen LogP contribution in [0.25, 0.3) is 0 Å². The Bertz CT molecular complexity index is 727. The van der Waals surface area contributed by atoms with Crippen molar-refractivity contribution in [3.63, 3.8) is 0 Å². The van der Waals surface area contributed by atoms with Crippen LogP contribution in [0.2, 0.25) is 0 Å². The molecule has 0 spiro atoms. The van der Waals surface area contributed by atoms with E-state index < -0.39 is 10.0 Å². The zero-order valence-electron chi connectivity index (χ0n) is 16.2. The van der Waals surface area contributed by atoms with Crippen LogP contribution in [0, 0.1) is 0 Å². The Morgan fingerprint density at radius 3 is 2.41 bits per heavy atom. The maximum Gasteiger partial charge on any atom is 0.251 e. The summed E-state index contributed by atoms with van der Waals surface area (Å²) in [6.07, 6.45) is 6.36. The summed E-state index contributed by atoms with van der Waals surface area (Å²) in [6.45, 7) is 6.52. The van der Waals surface area contributed by atoms with E-state index in [2.05, 4.69) is 10.2 Å². The Kier molecular flexibility index (Phi) is 6.89. The molecule has 0 saturated carbocycles. The van der Waals surface area contributed by atoms with E-state index in [4.69, 9.17) is 0 Å². The van der Waals surface area contributed by atoms with Crippen LogP contribution in [0.15, 0.2) is 29.2 Å². The van der Waals surface area contributed by atoms with Gasteiger partial charge in [-0.15, -0.1) is 0 Å². The van der Waals surface area contributed by atoms with Crippen LogP contribution in [-0.2, 0) is 10.0 Å². The highest BCUT2D eigenvalue weighted by molar-refractivity contribution is 7.89. The fourth-order valence-corrected chi connectivity index (χ4v) is 5.65. The van der Waals surface area contributed by atoms with Gasteiger partial charge in [0.15, 0.2) is 0 Å². The number of piperidine rings is 1. The molecule has 0 radical (unpaired) electrons. The van der Waals surface area contributed by atoms with E-state index in [1.807, 2.05) is 6.92 Å². The summed E-state index contributed by atoms with van der Waals surface area (Å²) in [5.74, 6) is -0.147. The SMILES string of the molecule is CC1CCCCN1S(=O)(=O)c1ccc(C(=O)NCCCN2CCCC2)cc1. The molecule has 1 aromatic rings. The molecule has 6 nitrogen and oxygen atoms in total. The maximum atomic E-state index is 12.8. The van der Waals surface area contributed by atoms with Gasteiger partial charge in [-0.05, 0) is 82.9 Å². The van der Waals surface area contributed by atoms with Crippen molar-refractivity contribution in [2.75, 3.05) is 32.7 Å². The van der Waals surface area contributed by atoms with E-state index in [1.165, 1.54) is 25.9 Å². The summed E-state index contributed by atoms with van der Waals surface area (Å²) < 4.78 is 27.3. The molecule has 2 aliphatic heterocycles. The zero-order chi connectivity index (χ0) is 19.3. The van der Waals surface area contributed by atoms with E-state index in [0.29, 0.717) is 18.7 Å². The van der Waals surface area contributed by atoms with Gasteiger partial charge in [-0.1, -0.05) is 6.42 Å². The zero-order valence-corrected chi connectivity index (χ0v) is 17.0. The van der Waals surface area contributed by atoms with Crippen molar-refractivity contribution in [2.45, 2.75) is 56.4 Å². The fourth-order valence-electron chi connectivity index (χ4n) is 3.96. The summed E-state index contributed by atoms with van der Waals surface area (Å²) in [6, 6.07) is 6.35. The van der Waals surface area contributed by atoms with Crippen molar-refractivity contribution in [3.05, 3.63) is 29.8 Å². The van der Waals surface area contributed by atoms with Crippen LogP contribution in [0.5, 0.6) is 0 Å². The van der Waals surface area contributed by atoms with E-state index in [-0.39, 0.29) is 16.8 Å². The fraction of sp³-hybridized carbons (Fsp3) is 0.650. The van der Waals surface area contributed by atoms with Gasteiger partial charge in [0.25, 0.3) is 5.91 Å². The lowest BCUT2D eigenvalue weighted by molar-refractivity contribution is 0.0952. The number of carbonyl (C=O) groups excluding carboxylic acids is 1. The second-order valence-electron chi connectivity index (χ2n) is 7.64.